The molecule has 2 aromatic heterocycles. The lowest BCUT2D eigenvalue weighted by molar-refractivity contribution is 0.679. The van der Waals surface area contributed by atoms with Crippen LogP contribution in [0.3, 0.4) is 0 Å². The first-order valence-electron chi connectivity index (χ1n) is 6.55. The number of nitrogens with zero attached hydrogens (tertiary/aromatic N) is 2. The number of anilines is 1. The fourth-order valence-corrected chi connectivity index (χ4v) is 2.88. The van der Waals surface area contributed by atoms with Crippen molar-refractivity contribution >= 4 is 17.2 Å². The van der Waals surface area contributed by atoms with Crippen LogP contribution >= 0.6 is 11.3 Å². The fourth-order valence-electron chi connectivity index (χ4n) is 2.05. The highest BCUT2D eigenvalue weighted by Gasteiger charge is 2.12. The predicted molar refractivity (Wildman–Crippen MR) is 82.9 cm³/mol. The molecule has 0 aliphatic rings. The molecule has 2 heterocycles. The Kier molecular flexibility index (Phi) is 4.93. The number of nitrogens with one attached hydrogen (secondary N) is 1. The normalized spacial score (nSPS) is 12.4. The summed E-state index contributed by atoms with van der Waals surface area (Å²) in [6.45, 7) is 3.12. The third kappa shape index (κ3) is 3.78. The molecule has 0 bridgehead atoms. The fraction of sp³-hybridized carbons (Fsp3) is 0.400. The van der Waals surface area contributed by atoms with Crippen molar-refractivity contribution in [3.8, 4) is 0 Å². The largest absolute Gasteiger partial charge is 0.357 e. The van der Waals surface area contributed by atoms with Crippen LogP contribution in [0.4, 0.5) is 5.82 Å². The van der Waals surface area contributed by atoms with Crippen molar-refractivity contribution in [3.05, 3.63) is 46.3 Å². The zero-order valence-electron chi connectivity index (χ0n) is 11.8. The Labute approximate surface area is 119 Å². The van der Waals surface area contributed by atoms with Crippen molar-refractivity contribution in [2.24, 2.45) is 0 Å². The lowest BCUT2D eigenvalue weighted by Gasteiger charge is -2.26. The molecule has 2 aromatic rings. The van der Waals surface area contributed by atoms with Gasteiger partial charge in [-0.25, -0.2) is 4.98 Å². The molecule has 19 heavy (non-hydrogen) atoms. The summed E-state index contributed by atoms with van der Waals surface area (Å²) in [6.07, 6.45) is 2.95. The van der Waals surface area contributed by atoms with Crippen LogP contribution in [0.5, 0.6) is 0 Å². The van der Waals surface area contributed by atoms with Gasteiger partial charge >= 0.3 is 0 Å². The van der Waals surface area contributed by atoms with Gasteiger partial charge in [-0.1, -0.05) is 6.07 Å². The van der Waals surface area contributed by atoms with Gasteiger partial charge in [0.1, 0.15) is 5.82 Å². The van der Waals surface area contributed by atoms with E-state index in [1.807, 2.05) is 24.6 Å². The van der Waals surface area contributed by atoms with Crippen molar-refractivity contribution < 1.29 is 0 Å². The molecule has 0 amide bonds. The van der Waals surface area contributed by atoms with Gasteiger partial charge in [0.05, 0.1) is 0 Å². The van der Waals surface area contributed by atoms with Gasteiger partial charge in [-0.15, -0.1) is 11.3 Å². The molecule has 0 saturated heterocycles. The maximum atomic E-state index is 4.47. The second-order valence-electron chi connectivity index (χ2n) is 4.80. The van der Waals surface area contributed by atoms with Crippen LogP contribution in [0.1, 0.15) is 17.4 Å². The molecule has 102 valence electrons. The Hall–Kier alpha value is -1.39. The van der Waals surface area contributed by atoms with Crippen molar-refractivity contribution in [1.82, 2.24) is 10.3 Å². The first-order valence-corrected chi connectivity index (χ1v) is 7.43. The quantitative estimate of drug-likeness (QED) is 0.878. The number of rotatable bonds is 6. The number of hydrogen-bond donors (Lipinski definition) is 1. The van der Waals surface area contributed by atoms with E-state index >= 15 is 0 Å². The van der Waals surface area contributed by atoms with E-state index in [0.717, 1.165) is 18.8 Å². The van der Waals surface area contributed by atoms with Gasteiger partial charge in [0.25, 0.3) is 0 Å². The second-order valence-corrected chi connectivity index (χ2v) is 5.83. The molecule has 0 aromatic carbocycles. The summed E-state index contributed by atoms with van der Waals surface area (Å²) >= 11 is 1.82. The van der Waals surface area contributed by atoms with Crippen LogP contribution in [0.25, 0.3) is 0 Å². The number of aromatic nitrogens is 1. The molecule has 0 radical (unpaired) electrons. The molecule has 0 aliphatic heterocycles. The molecular weight excluding hydrogens is 254 g/mol. The van der Waals surface area contributed by atoms with Crippen molar-refractivity contribution in [2.45, 2.75) is 25.9 Å². The molecule has 4 heteroatoms. The van der Waals surface area contributed by atoms with Crippen LogP contribution in [0, 0.1) is 0 Å². The highest BCUT2D eigenvalue weighted by molar-refractivity contribution is 7.09. The van der Waals surface area contributed by atoms with Crippen LogP contribution in [0.2, 0.25) is 0 Å². The monoisotopic (exact) mass is 275 g/mol. The van der Waals surface area contributed by atoms with E-state index < -0.39 is 0 Å². The highest BCUT2D eigenvalue weighted by Crippen LogP contribution is 2.18. The van der Waals surface area contributed by atoms with Gasteiger partial charge in [0, 0.05) is 37.1 Å². The van der Waals surface area contributed by atoms with Crippen molar-refractivity contribution in [3.63, 3.8) is 0 Å². The smallest absolute Gasteiger partial charge is 0.128 e. The first-order chi connectivity index (χ1) is 9.20. The average Bonchev–Trinajstić information content (AvgIpc) is 2.91. The van der Waals surface area contributed by atoms with Crippen LogP contribution in [0.15, 0.2) is 35.8 Å². The second kappa shape index (κ2) is 6.68. The lowest BCUT2D eigenvalue weighted by Crippen LogP contribution is -2.31. The molecule has 1 unspecified atom stereocenters. The molecule has 0 fully saturated rings. The topological polar surface area (TPSA) is 28.2 Å². The van der Waals surface area contributed by atoms with E-state index in [2.05, 4.69) is 58.8 Å². The van der Waals surface area contributed by atoms with E-state index in [9.17, 15) is 0 Å². The van der Waals surface area contributed by atoms with Gasteiger partial charge in [0.2, 0.25) is 0 Å². The molecule has 2 rings (SSSR count). The maximum Gasteiger partial charge on any atom is 0.128 e. The van der Waals surface area contributed by atoms with Gasteiger partial charge in [-0.05, 0) is 43.1 Å². The van der Waals surface area contributed by atoms with E-state index in [0.29, 0.717) is 6.04 Å². The highest BCUT2D eigenvalue weighted by atomic mass is 32.1. The van der Waals surface area contributed by atoms with Gasteiger partial charge in [-0.3, -0.25) is 0 Å². The standard InChI is InChI=1S/C15H21N3S/c1-12(9-14-5-4-8-19-14)18(3)15-10-13(11-16-2)6-7-17-15/h4-8,10,12,16H,9,11H2,1-3H3. The minimum Gasteiger partial charge on any atom is -0.357 e. The molecule has 1 atom stereocenters. The Morgan fingerprint density at radius 2 is 2.26 bits per heavy atom. The SMILES string of the molecule is CNCc1ccnc(N(C)C(C)Cc2cccs2)c1. The number of hydrogen-bond acceptors (Lipinski definition) is 4. The van der Waals surface area contributed by atoms with Crippen LogP contribution in [-0.2, 0) is 13.0 Å². The number of pyridine rings is 1. The molecular formula is C15H21N3S. The Morgan fingerprint density at radius 1 is 1.42 bits per heavy atom. The Morgan fingerprint density at radius 3 is 2.95 bits per heavy atom. The molecule has 0 spiro atoms. The van der Waals surface area contributed by atoms with Gasteiger partial charge in [-0.2, -0.15) is 0 Å². The van der Waals surface area contributed by atoms with Crippen LogP contribution in [-0.4, -0.2) is 25.1 Å². The third-order valence-electron chi connectivity index (χ3n) is 3.29. The number of likely N-dealkylation sites (N-methyl/N-ethyl adjacent to an activating group) is 1. The van der Waals surface area contributed by atoms with E-state index in [1.165, 1.54) is 10.4 Å². The van der Waals surface area contributed by atoms with E-state index in [-0.39, 0.29) is 0 Å². The summed E-state index contributed by atoms with van der Waals surface area (Å²) in [4.78, 5) is 8.14. The average molecular weight is 275 g/mol. The zero-order valence-corrected chi connectivity index (χ0v) is 12.6. The van der Waals surface area contributed by atoms with E-state index in [4.69, 9.17) is 0 Å². The molecule has 0 saturated carbocycles. The Balaban J connectivity index is 2.05. The minimum absolute atomic E-state index is 0.441. The third-order valence-corrected chi connectivity index (χ3v) is 4.19. The lowest BCUT2D eigenvalue weighted by atomic mass is 10.1. The first kappa shape index (κ1) is 14.0. The van der Waals surface area contributed by atoms with Crippen molar-refractivity contribution in [1.29, 1.82) is 0 Å². The summed E-state index contributed by atoms with van der Waals surface area (Å²) in [6, 6.07) is 8.95. The summed E-state index contributed by atoms with van der Waals surface area (Å²) in [7, 11) is 4.08. The summed E-state index contributed by atoms with van der Waals surface area (Å²) in [5, 5.41) is 5.30. The molecule has 1 N–H and O–H groups in total. The predicted octanol–water partition coefficient (Wildman–Crippen LogP) is 2.93. The summed E-state index contributed by atoms with van der Waals surface area (Å²) in [5.74, 6) is 1.04. The van der Waals surface area contributed by atoms with E-state index in [1.54, 1.807) is 0 Å². The maximum absolute atomic E-state index is 4.47. The van der Waals surface area contributed by atoms with Gasteiger partial charge < -0.3 is 10.2 Å². The summed E-state index contributed by atoms with van der Waals surface area (Å²) < 4.78 is 0. The minimum atomic E-state index is 0.441. The zero-order chi connectivity index (χ0) is 13.7. The van der Waals surface area contributed by atoms with Crippen LogP contribution < -0.4 is 10.2 Å². The number of thiophene rings is 1. The summed E-state index contributed by atoms with van der Waals surface area (Å²) in [5.41, 5.74) is 1.27. The van der Waals surface area contributed by atoms with Gasteiger partial charge in [0.15, 0.2) is 0 Å². The molecule has 3 nitrogen and oxygen atoms in total. The Bertz CT molecular complexity index is 496. The molecule has 0 aliphatic carbocycles. The van der Waals surface area contributed by atoms with Crippen molar-refractivity contribution in [2.75, 3.05) is 19.0 Å².